The monoisotopic (exact) mass is 494 g/mol. The zero-order chi connectivity index (χ0) is 23.4. The van der Waals surface area contributed by atoms with Crippen molar-refractivity contribution in [3.05, 3.63) is 80.6 Å². The van der Waals surface area contributed by atoms with Crippen LogP contribution in [-0.2, 0) is 0 Å². The van der Waals surface area contributed by atoms with Crippen LogP contribution < -0.4 is 5.43 Å². The minimum absolute atomic E-state index is 0.141. The maximum atomic E-state index is 13.7. The van der Waals surface area contributed by atoms with Crippen LogP contribution in [0.3, 0.4) is 0 Å². The van der Waals surface area contributed by atoms with Crippen molar-refractivity contribution >= 4 is 29.1 Å². The Morgan fingerprint density at radius 3 is 2.44 bits per heavy atom. The number of rotatable bonds is 4. The van der Waals surface area contributed by atoms with Gasteiger partial charge in [-0.15, -0.1) is 0 Å². The molecule has 2 atom stereocenters. The summed E-state index contributed by atoms with van der Waals surface area (Å²) in [6, 6.07) is 14.4. The second kappa shape index (κ2) is 8.71. The number of aromatic nitrogens is 2. The van der Waals surface area contributed by atoms with E-state index in [4.69, 9.17) is 28.3 Å². The standard InChI is InChI=1S/C27H28Cl2N4O/c1-32(17-7-3-2-4-8-17)31-27(34)25-24-20-12-13-21(19-10-6-5-9-18(19)20)26(24)33(30-25)23-14-11-16(28)15-22(23)29/h5-6,9-11,14-15,17,20-21H,2-4,7-8,12-13H2,1H3,(H,31,34). The average Bonchev–Trinajstić information content (AvgIpc) is 3.27. The Morgan fingerprint density at radius 2 is 1.71 bits per heavy atom. The van der Waals surface area contributed by atoms with Gasteiger partial charge in [0.2, 0.25) is 0 Å². The molecular weight excluding hydrogens is 467 g/mol. The van der Waals surface area contributed by atoms with E-state index < -0.39 is 0 Å². The number of nitrogens with zero attached hydrogens (tertiary/aromatic N) is 3. The van der Waals surface area contributed by atoms with Crippen molar-refractivity contribution < 1.29 is 4.79 Å². The SMILES string of the molecule is CN(NC(=O)c1nn(-c2ccc(Cl)cc2Cl)c2c1C1CCC2c2ccccc21)C1CCCCC1. The van der Waals surface area contributed by atoms with E-state index in [-0.39, 0.29) is 17.7 Å². The van der Waals surface area contributed by atoms with Gasteiger partial charge < -0.3 is 0 Å². The molecule has 0 saturated heterocycles. The van der Waals surface area contributed by atoms with Gasteiger partial charge in [-0.3, -0.25) is 10.2 Å². The lowest BCUT2D eigenvalue weighted by Crippen LogP contribution is -2.47. The van der Waals surface area contributed by atoms with E-state index in [1.807, 2.05) is 28.9 Å². The van der Waals surface area contributed by atoms with E-state index in [0.717, 1.165) is 42.6 Å². The predicted molar refractivity (Wildman–Crippen MR) is 135 cm³/mol. The van der Waals surface area contributed by atoms with E-state index in [0.29, 0.717) is 21.8 Å². The molecule has 5 nitrogen and oxygen atoms in total. The molecule has 1 saturated carbocycles. The minimum atomic E-state index is -0.141. The van der Waals surface area contributed by atoms with Crippen molar-refractivity contribution in [3.63, 3.8) is 0 Å². The van der Waals surface area contributed by atoms with Crippen LogP contribution in [0.5, 0.6) is 0 Å². The van der Waals surface area contributed by atoms with Gasteiger partial charge in [0.25, 0.3) is 5.91 Å². The number of hydrazine groups is 1. The van der Waals surface area contributed by atoms with Crippen molar-refractivity contribution in [2.24, 2.45) is 0 Å². The van der Waals surface area contributed by atoms with Gasteiger partial charge in [0.05, 0.1) is 16.4 Å². The minimum Gasteiger partial charge on any atom is -0.283 e. The Bertz CT molecular complexity index is 1260. The summed E-state index contributed by atoms with van der Waals surface area (Å²) in [6.45, 7) is 0. The normalized spacial score (nSPS) is 21.4. The van der Waals surface area contributed by atoms with E-state index >= 15 is 0 Å². The van der Waals surface area contributed by atoms with Crippen molar-refractivity contribution in [2.75, 3.05) is 7.05 Å². The number of nitrogens with one attached hydrogen (secondary N) is 1. The highest BCUT2D eigenvalue weighted by molar-refractivity contribution is 6.35. The fraction of sp³-hybridized carbons (Fsp3) is 0.407. The number of fused-ring (bicyclic) bond motifs is 1. The molecule has 2 bridgehead atoms. The third kappa shape index (κ3) is 3.57. The van der Waals surface area contributed by atoms with Gasteiger partial charge >= 0.3 is 0 Å². The number of carbonyl (C=O) groups excluding carboxylic acids is 1. The number of amides is 1. The molecule has 2 aromatic carbocycles. The highest BCUT2D eigenvalue weighted by Crippen LogP contribution is 2.54. The summed E-state index contributed by atoms with van der Waals surface area (Å²) in [5.74, 6) is 0.211. The van der Waals surface area contributed by atoms with Crippen LogP contribution in [0, 0.1) is 0 Å². The molecule has 4 aliphatic carbocycles. The Labute approximate surface area is 210 Å². The molecule has 1 heterocycles. The number of hydrogen-bond donors (Lipinski definition) is 1. The molecule has 4 aliphatic rings. The van der Waals surface area contributed by atoms with Gasteiger partial charge in [-0.25, -0.2) is 9.69 Å². The molecule has 0 spiro atoms. The average molecular weight is 495 g/mol. The van der Waals surface area contributed by atoms with Gasteiger partial charge in [0, 0.05) is 35.5 Å². The number of benzene rings is 2. The molecule has 3 aromatic rings. The third-order valence-corrected chi connectivity index (χ3v) is 8.42. The van der Waals surface area contributed by atoms with Crippen molar-refractivity contribution in [3.8, 4) is 5.69 Å². The Kier molecular flexibility index (Phi) is 5.67. The van der Waals surface area contributed by atoms with Crippen LogP contribution in [-0.4, -0.2) is 33.8 Å². The first kappa shape index (κ1) is 22.1. The molecule has 1 N–H and O–H groups in total. The maximum Gasteiger partial charge on any atom is 0.286 e. The van der Waals surface area contributed by atoms with E-state index in [1.54, 1.807) is 6.07 Å². The van der Waals surface area contributed by atoms with Gasteiger partial charge in [-0.05, 0) is 55.0 Å². The van der Waals surface area contributed by atoms with Crippen LogP contribution in [0.25, 0.3) is 5.69 Å². The molecule has 0 aliphatic heterocycles. The van der Waals surface area contributed by atoms with E-state index in [1.165, 1.54) is 30.4 Å². The summed E-state index contributed by atoms with van der Waals surface area (Å²) in [5.41, 5.74) is 9.21. The molecule has 0 radical (unpaired) electrons. The second-order valence-electron chi connectivity index (χ2n) is 9.81. The largest absolute Gasteiger partial charge is 0.286 e. The molecule has 7 heteroatoms. The molecular formula is C27H28Cl2N4O. The lowest BCUT2D eigenvalue weighted by molar-refractivity contribution is 0.0704. The van der Waals surface area contributed by atoms with Gasteiger partial charge in [0.1, 0.15) is 0 Å². The molecule has 7 rings (SSSR count). The quantitative estimate of drug-likeness (QED) is 0.423. The molecule has 176 valence electrons. The van der Waals surface area contributed by atoms with Crippen molar-refractivity contribution in [1.29, 1.82) is 0 Å². The topological polar surface area (TPSA) is 50.2 Å². The number of carbonyl (C=O) groups is 1. The highest BCUT2D eigenvalue weighted by Gasteiger charge is 2.44. The summed E-state index contributed by atoms with van der Waals surface area (Å²) >= 11 is 12.8. The Hall–Kier alpha value is -2.34. The number of hydrogen-bond acceptors (Lipinski definition) is 3. The fourth-order valence-electron chi connectivity index (χ4n) is 6.27. The van der Waals surface area contributed by atoms with Crippen LogP contribution in [0.2, 0.25) is 10.0 Å². The fourth-order valence-corrected chi connectivity index (χ4v) is 6.76. The smallest absolute Gasteiger partial charge is 0.283 e. The van der Waals surface area contributed by atoms with Crippen LogP contribution >= 0.6 is 23.2 Å². The summed E-state index contributed by atoms with van der Waals surface area (Å²) in [5, 5.41) is 8.03. The van der Waals surface area contributed by atoms with Gasteiger partial charge in [0.15, 0.2) is 5.69 Å². The van der Waals surface area contributed by atoms with E-state index in [2.05, 4.69) is 29.7 Å². The Morgan fingerprint density at radius 1 is 1.00 bits per heavy atom. The third-order valence-electron chi connectivity index (χ3n) is 7.88. The first-order valence-electron chi connectivity index (χ1n) is 12.2. The summed E-state index contributed by atoms with van der Waals surface area (Å²) in [4.78, 5) is 13.7. The van der Waals surface area contributed by atoms with Crippen molar-refractivity contribution in [2.45, 2.75) is 62.8 Å². The van der Waals surface area contributed by atoms with Crippen LogP contribution in [0.1, 0.15) is 89.7 Å². The molecule has 34 heavy (non-hydrogen) atoms. The Balaban J connectivity index is 1.45. The first-order valence-corrected chi connectivity index (χ1v) is 13.0. The molecule has 2 unspecified atom stereocenters. The summed E-state index contributed by atoms with van der Waals surface area (Å²) in [6.07, 6.45) is 7.99. The van der Waals surface area contributed by atoms with Crippen molar-refractivity contribution in [1.82, 2.24) is 20.2 Å². The lowest BCUT2D eigenvalue weighted by atomic mass is 9.65. The maximum absolute atomic E-state index is 13.7. The lowest BCUT2D eigenvalue weighted by Gasteiger charge is -2.39. The predicted octanol–water partition coefficient (Wildman–Crippen LogP) is 6.46. The second-order valence-corrected chi connectivity index (χ2v) is 10.7. The summed E-state index contributed by atoms with van der Waals surface area (Å²) < 4.78 is 1.90. The van der Waals surface area contributed by atoms with Gasteiger partial charge in [-0.1, -0.05) is 66.7 Å². The zero-order valence-electron chi connectivity index (χ0n) is 19.2. The highest BCUT2D eigenvalue weighted by atomic mass is 35.5. The van der Waals surface area contributed by atoms with Crippen LogP contribution in [0.15, 0.2) is 42.5 Å². The van der Waals surface area contributed by atoms with Gasteiger partial charge in [-0.2, -0.15) is 5.10 Å². The summed E-state index contributed by atoms with van der Waals surface area (Å²) in [7, 11) is 1.98. The van der Waals surface area contributed by atoms with E-state index in [9.17, 15) is 4.79 Å². The number of halogens is 2. The molecule has 1 fully saturated rings. The van der Waals surface area contributed by atoms with Crippen LogP contribution in [0.4, 0.5) is 0 Å². The zero-order valence-corrected chi connectivity index (χ0v) is 20.7. The first-order chi connectivity index (χ1) is 16.5. The molecule has 1 amide bonds. The molecule has 1 aromatic heterocycles.